The fourth-order valence-corrected chi connectivity index (χ4v) is 3.23. The molecule has 0 saturated carbocycles. The Labute approximate surface area is 137 Å². The van der Waals surface area contributed by atoms with Crippen molar-refractivity contribution in [3.05, 3.63) is 41.0 Å². The molecule has 11 heteroatoms. The van der Waals surface area contributed by atoms with E-state index in [1.165, 1.54) is 12.3 Å². The zero-order chi connectivity index (χ0) is 17.3. The van der Waals surface area contributed by atoms with Crippen LogP contribution in [-0.4, -0.2) is 19.8 Å². The van der Waals surface area contributed by atoms with Gasteiger partial charge in [0.15, 0.2) is 0 Å². The molecule has 2 aromatic rings. The van der Waals surface area contributed by atoms with Gasteiger partial charge in [-0.15, -0.1) is 13.2 Å². The second-order valence-electron chi connectivity index (χ2n) is 4.21. The van der Waals surface area contributed by atoms with Crippen LogP contribution in [-0.2, 0) is 10.0 Å². The number of nitrogen functional groups attached to an aromatic ring is 1. The lowest BCUT2D eigenvalue weighted by atomic mass is 10.3. The van der Waals surface area contributed by atoms with Gasteiger partial charge in [-0.1, -0.05) is 0 Å². The summed E-state index contributed by atoms with van der Waals surface area (Å²) in [4.78, 5) is 3.45. The van der Waals surface area contributed by atoms with Gasteiger partial charge in [-0.25, -0.2) is 13.4 Å². The van der Waals surface area contributed by atoms with Gasteiger partial charge in [0.1, 0.15) is 16.5 Å². The van der Waals surface area contributed by atoms with Gasteiger partial charge in [0.25, 0.3) is 10.0 Å². The van der Waals surface area contributed by atoms with E-state index < -0.39 is 22.1 Å². The molecule has 1 aromatic carbocycles. The highest BCUT2D eigenvalue weighted by atomic mass is 79.9. The summed E-state index contributed by atoms with van der Waals surface area (Å²) in [5.41, 5.74) is 5.57. The van der Waals surface area contributed by atoms with Gasteiger partial charge in [-0.05, 0) is 46.3 Å². The number of ether oxygens (including phenoxy) is 1. The van der Waals surface area contributed by atoms with E-state index in [1.807, 2.05) is 0 Å². The van der Waals surface area contributed by atoms with Crippen LogP contribution in [0.15, 0.2) is 45.9 Å². The molecule has 0 spiro atoms. The van der Waals surface area contributed by atoms with Crippen molar-refractivity contribution in [2.75, 3.05) is 10.5 Å². The molecule has 0 atom stereocenters. The van der Waals surface area contributed by atoms with Crippen LogP contribution in [0.25, 0.3) is 0 Å². The van der Waals surface area contributed by atoms with Gasteiger partial charge in [0.05, 0.1) is 0 Å². The first-order valence-electron chi connectivity index (χ1n) is 5.86. The Kier molecular flexibility index (Phi) is 4.71. The third kappa shape index (κ3) is 4.73. The van der Waals surface area contributed by atoms with Crippen LogP contribution in [0.3, 0.4) is 0 Å². The summed E-state index contributed by atoms with van der Waals surface area (Å²) in [6, 6.07) is 5.47. The van der Waals surface area contributed by atoms with Gasteiger partial charge in [-0.2, -0.15) is 0 Å². The molecule has 0 bridgehead atoms. The molecule has 23 heavy (non-hydrogen) atoms. The van der Waals surface area contributed by atoms with Crippen molar-refractivity contribution in [2.45, 2.75) is 11.3 Å². The molecule has 0 aliphatic carbocycles. The molecule has 0 fully saturated rings. The van der Waals surface area contributed by atoms with Crippen molar-refractivity contribution in [2.24, 2.45) is 0 Å². The summed E-state index contributed by atoms with van der Waals surface area (Å²) in [6.45, 7) is 0. The van der Waals surface area contributed by atoms with Crippen LogP contribution < -0.4 is 15.2 Å². The Morgan fingerprint density at radius 3 is 2.39 bits per heavy atom. The molecule has 3 N–H and O–H groups in total. The zero-order valence-corrected chi connectivity index (χ0v) is 13.5. The Morgan fingerprint density at radius 2 is 1.83 bits per heavy atom. The van der Waals surface area contributed by atoms with E-state index in [-0.39, 0.29) is 16.4 Å². The molecule has 0 amide bonds. The Hall–Kier alpha value is -2.01. The Bertz CT molecular complexity index is 811. The second kappa shape index (κ2) is 6.24. The number of nitrogens with one attached hydrogen (secondary N) is 1. The number of halogens is 4. The Morgan fingerprint density at radius 1 is 1.22 bits per heavy atom. The predicted molar refractivity (Wildman–Crippen MR) is 80.3 cm³/mol. The van der Waals surface area contributed by atoms with Gasteiger partial charge in [-0.3, -0.25) is 4.72 Å². The quantitative estimate of drug-likeness (QED) is 0.805. The number of nitrogens with zero attached hydrogens (tertiary/aromatic N) is 1. The van der Waals surface area contributed by atoms with Crippen molar-refractivity contribution in [1.82, 2.24) is 4.98 Å². The molecule has 0 saturated heterocycles. The number of pyridine rings is 1. The predicted octanol–water partition coefficient (Wildman–Crippen LogP) is 3.13. The van der Waals surface area contributed by atoms with Crippen LogP contribution in [0.1, 0.15) is 0 Å². The van der Waals surface area contributed by atoms with Gasteiger partial charge < -0.3 is 10.5 Å². The largest absolute Gasteiger partial charge is 0.573 e. The highest BCUT2D eigenvalue weighted by molar-refractivity contribution is 9.10. The van der Waals surface area contributed by atoms with Crippen molar-refractivity contribution in [3.8, 4) is 5.75 Å². The van der Waals surface area contributed by atoms with Crippen molar-refractivity contribution in [1.29, 1.82) is 0 Å². The molecule has 0 radical (unpaired) electrons. The maximum absolute atomic E-state index is 12.2. The molecule has 124 valence electrons. The van der Waals surface area contributed by atoms with E-state index in [9.17, 15) is 21.6 Å². The third-order valence-electron chi connectivity index (χ3n) is 2.48. The van der Waals surface area contributed by atoms with Crippen LogP contribution in [0.5, 0.6) is 5.75 Å². The third-order valence-corrected chi connectivity index (χ3v) is 4.32. The molecule has 1 aromatic heterocycles. The molecule has 0 unspecified atom stereocenters. The number of aromatic nitrogens is 1. The van der Waals surface area contributed by atoms with Crippen molar-refractivity contribution >= 4 is 37.5 Å². The molecule has 0 aliphatic heterocycles. The van der Waals surface area contributed by atoms with Crippen LogP contribution in [0.2, 0.25) is 0 Å². The number of rotatable bonds is 4. The van der Waals surface area contributed by atoms with Crippen LogP contribution >= 0.6 is 15.9 Å². The summed E-state index contributed by atoms with van der Waals surface area (Å²) < 4.78 is 66.9. The highest BCUT2D eigenvalue weighted by Gasteiger charge is 2.31. The summed E-state index contributed by atoms with van der Waals surface area (Å²) in [5.74, 6) is -0.679. The van der Waals surface area contributed by atoms with E-state index >= 15 is 0 Å². The summed E-state index contributed by atoms with van der Waals surface area (Å²) in [7, 11) is -4.05. The van der Waals surface area contributed by atoms with E-state index in [2.05, 4.69) is 30.4 Å². The molecular formula is C12H9BrF3N3O3S. The van der Waals surface area contributed by atoms with Crippen molar-refractivity contribution in [3.63, 3.8) is 0 Å². The minimum Gasteiger partial charge on any atom is -0.406 e. The number of alkyl halides is 3. The van der Waals surface area contributed by atoms with Crippen LogP contribution in [0.4, 0.5) is 24.7 Å². The lowest BCUT2D eigenvalue weighted by Crippen LogP contribution is -2.17. The number of hydrogen-bond donors (Lipinski definition) is 2. The minimum absolute atomic E-state index is 0.0406. The normalized spacial score (nSPS) is 12.0. The molecule has 2 rings (SSSR count). The minimum atomic E-state index is -4.82. The zero-order valence-electron chi connectivity index (χ0n) is 11.1. The maximum atomic E-state index is 12.2. The standard InChI is InChI=1S/C12H9BrF3N3O3S/c13-7-5-10(11(17)18-6-7)23(20,21)19-8-1-3-9(4-2-8)22-12(14,15)16/h1-6,19H,(H2,17,18). The van der Waals surface area contributed by atoms with Crippen molar-refractivity contribution < 1.29 is 26.3 Å². The lowest BCUT2D eigenvalue weighted by molar-refractivity contribution is -0.274. The summed E-state index contributed by atoms with van der Waals surface area (Å²) in [5, 5.41) is 0. The smallest absolute Gasteiger partial charge is 0.406 e. The average Bonchev–Trinajstić information content (AvgIpc) is 2.42. The van der Waals surface area contributed by atoms with Gasteiger partial charge >= 0.3 is 6.36 Å². The number of nitrogens with two attached hydrogens (primary N) is 1. The topological polar surface area (TPSA) is 94.3 Å². The number of anilines is 2. The van der Waals surface area contributed by atoms with Gasteiger partial charge in [0.2, 0.25) is 0 Å². The first-order chi connectivity index (χ1) is 10.6. The molecule has 1 heterocycles. The van der Waals surface area contributed by atoms with Crippen LogP contribution in [0, 0.1) is 0 Å². The van der Waals surface area contributed by atoms with E-state index in [0.29, 0.717) is 4.47 Å². The summed E-state index contributed by atoms with van der Waals surface area (Å²) in [6.07, 6.45) is -3.49. The number of hydrogen-bond acceptors (Lipinski definition) is 5. The average molecular weight is 412 g/mol. The fraction of sp³-hybridized carbons (Fsp3) is 0.0833. The molecular weight excluding hydrogens is 403 g/mol. The molecule has 0 aliphatic rings. The maximum Gasteiger partial charge on any atom is 0.573 e. The van der Waals surface area contributed by atoms with E-state index in [1.54, 1.807) is 0 Å². The van der Waals surface area contributed by atoms with E-state index in [4.69, 9.17) is 5.73 Å². The van der Waals surface area contributed by atoms with E-state index in [0.717, 1.165) is 24.3 Å². The number of sulfonamides is 1. The summed E-state index contributed by atoms with van der Waals surface area (Å²) >= 11 is 3.08. The number of benzene rings is 1. The second-order valence-corrected chi connectivity index (χ2v) is 6.78. The Balaban J connectivity index is 2.22. The van der Waals surface area contributed by atoms with Gasteiger partial charge in [0, 0.05) is 16.4 Å². The SMILES string of the molecule is Nc1ncc(Br)cc1S(=O)(=O)Nc1ccc(OC(F)(F)F)cc1. The first kappa shape index (κ1) is 17.3. The lowest BCUT2D eigenvalue weighted by Gasteiger charge is -2.11. The monoisotopic (exact) mass is 411 g/mol. The first-order valence-corrected chi connectivity index (χ1v) is 8.14. The fourth-order valence-electron chi connectivity index (χ4n) is 1.58. The molecule has 6 nitrogen and oxygen atoms in total. The highest BCUT2D eigenvalue weighted by Crippen LogP contribution is 2.26.